The summed E-state index contributed by atoms with van der Waals surface area (Å²) in [6.45, 7) is 3.05. The van der Waals surface area contributed by atoms with Gasteiger partial charge in [-0.2, -0.15) is 0 Å². The molecule has 1 aromatic carbocycles. The molecule has 0 spiro atoms. The SMILES string of the molecule is Cc1cc(F)ccc1COC(=O)N1CCO[C@H](c2nc3ncccc3[nH]2)C1. The van der Waals surface area contributed by atoms with Crippen LogP contribution in [-0.2, 0) is 16.1 Å². The minimum absolute atomic E-state index is 0.0987. The average molecular weight is 370 g/mol. The van der Waals surface area contributed by atoms with E-state index >= 15 is 0 Å². The molecule has 2 aromatic heterocycles. The number of fused-ring (bicyclic) bond motifs is 1. The maximum Gasteiger partial charge on any atom is 0.410 e. The lowest BCUT2D eigenvalue weighted by Gasteiger charge is -2.31. The summed E-state index contributed by atoms with van der Waals surface area (Å²) in [5.41, 5.74) is 2.96. The number of H-pyrrole nitrogens is 1. The lowest BCUT2D eigenvalue weighted by molar-refractivity contribution is -0.0330. The summed E-state index contributed by atoms with van der Waals surface area (Å²) in [6, 6.07) is 8.12. The molecule has 3 aromatic rings. The molecule has 7 nitrogen and oxygen atoms in total. The highest BCUT2D eigenvalue weighted by Gasteiger charge is 2.28. The second-order valence-corrected chi connectivity index (χ2v) is 6.43. The van der Waals surface area contributed by atoms with Gasteiger partial charge in [-0.15, -0.1) is 0 Å². The summed E-state index contributed by atoms with van der Waals surface area (Å²) in [5, 5.41) is 0. The predicted molar refractivity (Wildman–Crippen MR) is 95.5 cm³/mol. The van der Waals surface area contributed by atoms with Gasteiger partial charge >= 0.3 is 6.09 Å². The number of benzene rings is 1. The van der Waals surface area contributed by atoms with Crippen LogP contribution in [0.4, 0.5) is 9.18 Å². The summed E-state index contributed by atoms with van der Waals surface area (Å²) in [7, 11) is 0. The number of morpholine rings is 1. The first kappa shape index (κ1) is 17.4. The van der Waals surface area contributed by atoms with E-state index in [0.29, 0.717) is 31.2 Å². The summed E-state index contributed by atoms with van der Waals surface area (Å²) in [6.07, 6.45) is 0.879. The van der Waals surface area contributed by atoms with Crippen LogP contribution in [0.3, 0.4) is 0 Å². The second-order valence-electron chi connectivity index (χ2n) is 6.43. The quantitative estimate of drug-likeness (QED) is 0.766. The Bertz CT molecular complexity index is 941. The molecule has 1 aliphatic rings. The topological polar surface area (TPSA) is 80.3 Å². The number of nitrogens with one attached hydrogen (secondary N) is 1. The Morgan fingerprint density at radius 1 is 1.44 bits per heavy atom. The minimum Gasteiger partial charge on any atom is -0.445 e. The van der Waals surface area contributed by atoms with E-state index < -0.39 is 6.09 Å². The number of halogens is 1. The van der Waals surface area contributed by atoms with Crippen LogP contribution in [0, 0.1) is 12.7 Å². The van der Waals surface area contributed by atoms with Gasteiger partial charge in [0.15, 0.2) is 5.65 Å². The Hall–Kier alpha value is -3.00. The summed E-state index contributed by atoms with van der Waals surface area (Å²) in [4.78, 5) is 25.8. The van der Waals surface area contributed by atoms with Crippen LogP contribution in [0.15, 0.2) is 36.5 Å². The number of carbonyl (C=O) groups excluding carboxylic acids is 1. The number of hydrogen-bond acceptors (Lipinski definition) is 5. The number of imidazole rings is 1. The van der Waals surface area contributed by atoms with E-state index in [1.807, 2.05) is 12.1 Å². The molecule has 140 valence electrons. The molecule has 0 radical (unpaired) electrons. The number of hydrogen-bond donors (Lipinski definition) is 1. The van der Waals surface area contributed by atoms with E-state index in [2.05, 4.69) is 15.0 Å². The van der Waals surface area contributed by atoms with E-state index in [4.69, 9.17) is 9.47 Å². The fourth-order valence-electron chi connectivity index (χ4n) is 3.05. The van der Waals surface area contributed by atoms with Gasteiger partial charge in [-0.25, -0.2) is 19.2 Å². The van der Waals surface area contributed by atoms with Crippen molar-refractivity contribution < 1.29 is 18.7 Å². The first-order valence-corrected chi connectivity index (χ1v) is 8.69. The van der Waals surface area contributed by atoms with Crippen molar-refractivity contribution in [3.8, 4) is 0 Å². The molecule has 1 atom stereocenters. The molecular weight excluding hydrogens is 351 g/mol. The van der Waals surface area contributed by atoms with E-state index in [9.17, 15) is 9.18 Å². The van der Waals surface area contributed by atoms with Crippen molar-refractivity contribution in [3.05, 3.63) is 59.3 Å². The van der Waals surface area contributed by atoms with Gasteiger partial charge in [0.1, 0.15) is 24.4 Å². The number of nitrogens with zero attached hydrogens (tertiary/aromatic N) is 3. The molecule has 1 amide bonds. The van der Waals surface area contributed by atoms with Crippen LogP contribution in [0.2, 0.25) is 0 Å². The number of pyridine rings is 1. The smallest absolute Gasteiger partial charge is 0.410 e. The third-order valence-electron chi connectivity index (χ3n) is 4.56. The Labute approximate surface area is 155 Å². The van der Waals surface area contributed by atoms with Crippen LogP contribution in [0.1, 0.15) is 23.1 Å². The zero-order chi connectivity index (χ0) is 18.8. The number of aryl methyl sites for hydroxylation is 1. The maximum atomic E-state index is 13.2. The van der Waals surface area contributed by atoms with Gasteiger partial charge in [0, 0.05) is 12.7 Å². The van der Waals surface area contributed by atoms with E-state index in [-0.39, 0.29) is 18.5 Å². The van der Waals surface area contributed by atoms with Crippen LogP contribution >= 0.6 is 0 Å². The highest BCUT2D eigenvalue weighted by molar-refractivity contribution is 5.70. The van der Waals surface area contributed by atoms with Crippen molar-refractivity contribution in [1.29, 1.82) is 0 Å². The number of carbonyl (C=O) groups is 1. The Morgan fingerprint density at radius 2 is 2.33 bits per heavy atom. The van der Waals surface area contributed by atoms with Crippen molar-refractivity contribution in [2.75, 3.05) is 19.7 Å². The molecule has 8 heteroatoms. The highest BCUT2D eigenvalue weighted by atomic mass is 19.1. The number of rotatable bonds is 3. The fraction of sp³-hybridized carbons (Fsp3) is 0.316. The van der Waals surface area contributed by atoms with Crippen LogP contribution < -0.4 is 0 Å². The molecule has 1 aliphatic heterocycles. The molecule has 0 bridgehead atoms. The van der Waals surface area contributed by atoms with Crippen LogP contribution in [-0.4, -0.2) is 45.6 Å². The normalized spacial score (nSPS) is 17.3. The molecule has 1 fully saturated rings. The Balaban J connectivity index is 1.40. The fourth-order valence-corrected chi connectivity index (χ4v) is 3.05. The number of aromatic nitrogens is 3. The molecule has 27 heavy (non-hydrogen) atoms. The van der Waals surface area contributed by atoms with Gasteiger partial charge in [0.2, 0.25) is 0 Å². The van der Waals surface area contributed by atoms with E-state index in [0.717, 1.165) is 16.6 Å². The van der Waals surface area contributed by atoms with Crippen molar-refractivity contribution in [2.45, 2.75) is 19.6 Å². The lowest BCUT2D eigenvalue weighted by atomic mass is 10.1. The number of amides is 1. The van der Waals surface area contributed by atoms with Crippen molar-refractivity contribution in [2.24, 2.45) is 0 Å². The van der Waals surface area contributed by atoms with E-state index in [1.165, 1.54) is 12.1 Å². The van der Waals surface area contributed by atoms with Crippen LogP contribution in [0.5, 0.6) is 0 Å². The molecule has 0 saturated carbocycles. The molecule has 0 unspecified atom stereocenters. The predicted octanol–water partition coefficient (Wildman–Crippen LogP) is 3.12. The van der Waals surface area contributed by atoms with Gasteiger partial charge in [-0.1, -0.05) is 6.07 Å². The zero-order valence-corrected chi connectivity index (χ0v) is 14.8. The van der Waals surface area contributed by atoms with Crippen LogP contribution in [0.25, 0.3) is 11.2 Å². The summed E-state index contributed by atoms with van der Waals surface area (Å²) in [5.74, 6) is 0.328. The molecule has 4 rings (SSSR count). The van der Waals surface area contributed by atoms with Crippen molar-refractivity contribution in [3.63, 3.8) is 0 Å². The second kappa shape index (κ2) is 7.32. The number of aromatic amines is 1. The van der Waals surface area contributed by atoms with Gasteiger partial charge in [0.05, 0.1) is 18.7 Å². The maximum absolute atomic E-state index is 13.2. The average Bonchev–Trinajstić information content (AvgIpc) is 3.11. The summed E-state index contributed by atoms with van der Waals surface area (Å²) >= 11 is 0. The van der Waals surface area contributed by atoms with Gasteiger partial charge in [0.25, 0.3) is 0 Å². The van der Waals surface area contributed by atoms with Gasteiger partial charge in [-0.3, -0.25) is 0 Å². The standard InChI is InChI=1S/C19H19FN4O3/c1-12-9-14(20)5-4-13(12)11-27-19(25)24-7-8-26-16(10-24)18-22-15-3-2-6-21-17(15)23-18/h2-6,9,16H,7-8,10-11H2,1H3,(H,21,22,23)/t16-/m0/s1. The molecular formula is C19H19FN4O3. The molecule has 1 saturated heterocycles. The highest BCUT2D eigenvalue weighted by Crippen LogP contribution is 2.22. The minimum atomic E-state index is -0.429. The lowest BCUT2D eigenvalue weighted by Crippen LogP contribution is -2.42. The molecule has 3 heterocycles. The largest absolute Gasteiger partial charge is 0.445 e. The number of ether oxygens (including phenoxy) is 2. The van der Waals surface area contributed by atoms with Gasteiger partial charge in [-0.05, 0) is 42.3 Å². The third-order valence-corrected chi connectivity index (χ3v) is 4.56. The third kappa shape index (κ3) is 3.75. The van der Waals surface area contributed by atoms with Gasteiger partial charge < -0.3 is 19.4 Å². The van der Waals surface area contributed by atoms with Crippen molar-refractivity contribution >= 4 is 17.3 Å². The van der Waals surface area contributed by atoms with Crippen molar-refractivity contribution in [1.82, 2.24) is 19.9 Å². The molecule has 1 N–H and O–H groups in total. The van der Waals surface area contributed by atoms with E-state index in [1.54, 1.807) is 24.1 Å². The molecule has 0 aliphatic carbocycles. The zero-order valence-electron chi connectivity index (χ0n) is 14.8. The summed E-state index contributed by atoms with van der Waals surface area (Å²) < 4.78 is 24.3. The first-order chi connectivity index (χ1) is 13.1. The Morgan fingerprint density at radius 3 is 3.15 bits per heavy atom. The Kier molecular flexibility index (Phi) is 4.72. The first-order valence-electron chi connectivity index (χ1n) is 8.69. The monoisotopic (exact) mass is 370 g/mol.